The van der Waals surface area contributed by atoms with Gasteiger partial charge in [-0.2, -0.15) is 0 Å². The van der Waals surface area contributed by atoms with Crippen molar-refractivity contribution in [2.24, 2.45) is 0 Å². The van der Waals surface area contributed by atoms with Crippen LogP contribution in [0.4, 0.5) is 0 Å². The molecule has 1 rings (SSSR count). The van der Waals surface area contributed by atoms with Crippen LogP contribution < -0.4 is 0 Å². The number of aliphatic hydroxyl groups excluding tert-OH is 1. The van der Waals surface area contributed by atoms with E-state index in [2.05, 4.69) is 52.8 Å². The summed E-state index contributed by atoms with van der Waals surface area (Å²) in [6, 6.07) is 0. The van der Waals surface area contributed by atoms with E-state index in [0.717, 1.165) is 51.4 Å². The van der Waals surface area contributed by atoms with Crippen LogP contribution in [0.5, 0.6) is 0 Å². The monoisotopic (exact) mass is 334 g/mol. The molecule has 138 valence electrons. The Bertz CT molecular complexity index is 455. The highest BCUT2D eigenvalue weighted by Gasteiger charge is 2.46. The molecule has 1 N–H and O–H groups in total. The normalized spacial score (nSPS) is 21.2. The van der Waals surface area contributed by atoms with Gasteiger partial charge in [-0.1, -0.05) is 34.9 Å². The molecule has 0 bridgehead atoms. The Morgan fingerprint density at radius 2 is 1.38 bits per heavy atom. The van der Waals surface area contributed by atoms with E-state index in [1.807, 2.05) is 0 Å². The van der Waals surface area contributed by atoms with E-state index in [-0.39, 0.29) is 5.60 Å². The molecular formula is C22H38O2. The average Bonchev–Trinajstić information content (AvgIpc) is 3.14. The molecule has 0 aromatic rings. The zero-order valence-electron chi connectivity index (χ0n) is 16.5. The van der Waals surface area contributed by atoms with Crippen LogP contribution in [0.1, 0.15) is 86.0 Å². The fraction of sp³-hybridized carbons (Fsp3) is 0.727. The summed E-state index contributed by atoms with van der Waals surface area (Å²) in [6.45, 7) is 11.3. The predicted molar refractivity (Wildman–Crippen MR) is 104 cm³/mol. The Morgan fingerprint density at radius 1 is 0.875 bits per heavy atom. The molecule has 0 saturated carbocycles. The molecule has 2 nitrogen and oxygen atoms in total. The minimum absolute atomic E-state index is 0.129. The first kappa shape index (κ1) is 21.2. The van der Waals surface area contributed by atoms with Crippen LogP contribution in [0.3, 0.4) is 0 Å². The highest BCUT2D eigenvalue weighted by molar-refractivity contribution is 5.06. The van der Waals surface area contributed by atoms with E-state index in [1.165, 1.54) is 16.7 Å². The van der Waals surface area contributed by atoms with Gasteiger partial charge in [0.15, 0.2) is 0 Å². The van der Waals surface area contributed by atoms with Gasteiger partial charge in [0.1, 0.15) is 0 Å². The Hall–Kier alpha value is -0.860. The van der Waals surface area contributed by atoms with Crippen molar-refractivity contribution in [1.82, 2.24) is 0 Å². The molecule has 1 heterocycles. The Labute approximate surface area is 149 Å². The van der Waals surface area contributed by atoms with E-state index in [9.17, 15) is 0 Å². The Balaban J connectivity index is 2.13. The molecule has 1 aliphatic heterocycles. The van der Waals surface area contributed by atoms with Gasteiger partial charge in [-0.25, -0.2) is 0 Å². The third kappa shape index (κ3) is 9.44. The molecule has 0 spiro atoms. The Kier molecular flexibility index (Phi) is 9.61. The maximum Gasteiger partial charge on any atom is 0.0892 e. The van der Waals surface area contributed by atoms with Gasteiger partial charge in [0, 0.05) is 6.61 Å². The topological polar surface area (TPSA) is 32.8 Å². The molecule has 0 amide bonds. The summed E-state index contributed by atoms with van der Waals surface area (Å²) < 4.78 is 5.64. The fourth-order valence-corrected chi connectivity index (χ4v) is 2.97. The lowest BCUT2D eigenvalue weighted by atomic mass is 10.0. The number of ether oxygens (including phenoxy) is 1. The largest absolute Gasteiger partial charge is 0.396 e. The van der Waals surface area contributed by atoms with Crippen molar-refractivity contribution < 1.29 is 9.84 Å². The van der Waals surface area contributed by atoms with E-state index in [4.69, 9.17) is 9.84 Å². The van der Waals surface area contributed by atoms with Gasteiger partial charge in [0.2, 0.25) is 0 Å². The fourth-order valence-electron chi connectivity index (χ4n) is 2.97. The van der Waals surface area contributed by atoms with Crippen molar-refractivity contribution >= 4 is 0 Å². The van der Waals surface area contributed by atoms with Gasteiger partial charge in [0.05, 0.1) is 11.7 Å². The van der Waals surface area contributed by atoms with Crippen molar-refractivity contribution in [2.75, 3.05) is 6.61 Å². The maximum atomic E-state index is 8.82. The molecule has 2 heteroatoms. The van der Waals surface area contributed by atoms with Crippen molar-refractivity contribution in [3.8, 4) is 0 Å². The molecule has 0 aliphatic carbocycles. The molecule has 0 radical (unpaired) electrons. The molecule has 1 saturated heterocycles. The van der Waals surface area contributed by atoms with Gasteiger partial charge in [-0.3, -0.25) is 0 Å². The average molecular weight is 335 g/mol. The number of unbranched alkanes of at least 4 members (excludes halogenated alkanes) is 1. The number of hydrogen-bond acceptors (Lipinski definition) is 2. The third-order valence-electron chi connectivity index (χ3n) is 4.88. The zero-order chi connectivity index (χ0) is 18.0. The summed E-state index contributed by atoms with van der Waals surface area (Å²) in [5.41, 5.74) is 4.52. The molecule has 24 heavy (non-hydrogen) atoms. The zero-order valence-corrected chi connectivity index (χ0v) is 16.5. The summed E-state index contributed by atoms with van der Waals surface area (Å²) >= 11 is 0. The van der Waals surface area contributed by atoms with Crippen molar-refractivity contribution in [3.63, 3.8) is 0 Å². The number of rotatable bonds is 12. The van der Waals surface area contributed by atoms with Gasteiger partial charge < -0.3 is 9.84 Å². The lowest BCUT2D eigenvalue weighted by Crippen LogP contribution is -2.02. The quantitative estimate of drug-likeness (QED) is 0.265. The number of aliphatic hydroxyl groups is 1. The van der Waals surface area contributed by atoms with E-state index >= 15 is 0 Å². The molecular weight excluding hydrogens is 296 g/mol. The maximum absolute atomic E-state index is 8.82. The first-order valence-electron chi connectivity index (χ1n) is 9.60. The molecule has 1 fully saturated rings. The summed E-state index contributed by atoms with van der Waals surface area (Å²) in [7, 11) is 0. The SMILES string of the molecule is C/C(=C\CC/C=C(\C)CCCO)CC/C=C(\C)CC[C@@H]1OC1(C)C. The lowest BCUT2D eigenvalue weighted by Gasteiger charge is -2.02. The van der Waals surface area contributed by atoms with Crippen LogP contribution in [0, 0.1) is 0 Å². The molecule has 1 atom stereocenters. The van der Waals surface area contributed by atoms with E-state index in [1.54, 1.807) is 0 Å². The Morgan fingerprint density at radius 3 is 1.92 bits per heavy atom. The number of epoxide rings is 1. The van der Waals surface area contributed by atoms with Crippen molar-refractivity contribution in [1.29, 1.82) is 0 Å². The molecule has 0 aromatic heterocycles. The summed E-state index contributed by atoms with van der Waals surface area (Å²) in [5.74, 6) is 0. The van der Waals surface area contributed by atoms with Gasteiger partial charge in [0.25, 0.3) is 0 Å². The van der Waals surface area contributed by atoms with Crippen LogP contribution in [0.2, 0.25) is 0 Å². The smallest absolute Gasteiger partial charge is 0.0892 e. The van der Waals surface area contributed by atoms with Crippen LogP contribution in [0.15, 0.2) is 34.9 Å². The van der Waals surface area contributed by atoms with Gasteiger partial charge >= 0.3 is 0 Å². The highest BCUT2D eigenvalue weighted by atomic mass is 16.6. The summed E-state index contributed by atoms with van der Waals surface area (Å²) in [6.07, 6.45) is 16.3. The van der Waals surface area contributed by atoms with Gasteiger partial charge in [-0.05, 0) is 86.0 Å². The second-order valence-electron chi connectivity index (χ2n) is 7.84. The van der Waals surface area contributed by atoms with Crippen LogP contribution >= 0.6 is 0 Å². The highest BCUT2D eigenvalue weighted by Crippen LogP contribution is 2.38. The van der Waals surface area contributed by atoms with Crippen LogP contribution in [0.25, 0.3) is 0 Å². The third-order valence-corrected chi connectivity index (χ3v) is 4.88. The second-order valence-corrected chi connectivity index (χ2v) is 7.84. The van der Waals surface area contributed by atoms with E-state index < -0.39 is 0 Å². The molecule has 1 aliphatic rings. The molecule has 0 unspecified atom stereocenters. The predicted octanol–water partition coefficient (Wildman–Crippen LogP) is 6.12. The number of allylic oxidation sites excluding steroid dienone is 6. The van der Waals surface area contributed by atoms with Crippen molar-refractivity contribution in [3.05, 3.63) is 34.9 Å². The van der Waals surface area contributed by atoms with Crippen molar-refractivity contribution in [2.45, 2.75) is 97.7 Å². The first-order chi connectivity index (χ1) is 11.3. The number of hydrogen-bond donors (Lipinski definition) is 1. The minimum Gasteiger partial charge on any atom is -0.396 e. The minimum atomic E-state index is 0.129. The summed E-state index contributed by atoms with van der Waals surface area (Å²) in [5, 5.41) is 8.82. The standard InChI is InChI=1S/C22H38O2/c1-18(10-6-7-11-19(2)14-9-17-23)12-8-13-20(3)15-16-21-22(4,5)24-21/h10-11,13,21,23H,6-9,12,14-17H2,1-5H3/b18-10+,19-11+,20-13+/t21-/m0/s1. The lowest BCUT2D eigenvalue weighted by molar-refractivity contribution is 0.288. The van der Waals surface area contributed by atoms with Crippen LogP contribution in [-0.4, -0.2) is 23.4 Å². The van der Waals surface area contributed by atoms with E-state index in [0.29, 0.717) is 12.7 Å². The summed E-state index contributed by atoms with van der Waals surface area (Å²) in [4.78, 5) is 0. The van der Waals surface area contributed by atoms with Crippen LogP contribution in [-0.2, 0) is 4.74 Å². The van der Waals surface area contributed by atoms with Gasteiger partial charge in [-0.15, -0.1) is 0 Å². The first-order valence-corrected chi connectivity index (χ1v) is 9.60. The second kappa shape index (κ2) is 10.9. The molecule has 0 aromatic carbocycles.